The number of halogens is 4. The van der Waals surface area contributed by atoms with Gasteiger partial charge < -0.3 is 0 Å². The number of hydrogen-bond donors (Lipinski definition) is 0. The Bertz CT molecular complexity index is 819. The van der Waals surface area contributed by atoms with Crippen LogP contribution in [0.15, 0.2) is 30.3 Å². The number of rotatable bonds is 2. The van der Waals surface area contributed by atoms with Gasteiger partial charge in [-0.15, -0.1) is 11.6 Å². The molecule has 0 aliphatic rings. The Morgan fingerprint density at radius 3 is 2.48 bits per heavy atom. The Labute approximate surface area is 136 Å². The van der Waals surface area contributed by atoms with E-state index in [9.17, 15) is 4.39 Å². The predicted molar refractivity (Wildman–Crippen MR) is 85.3 cm³/mol. The molecule has 0 N–H and O–H groups in total. The summed E-state index contributed by atoms with van der Waals surface area (Å²) in [5.74, 6) is 0.316. The van der Waals surface area contributed by atoms with E-state index >= 15 is 0 Å². The molecular weight excluding hydrogens is 334 g/mol. The van der Waals surface area contributed by atoms with Crippen LogP contribution in [0.4, 0.5) is 4.39 Å². The van der Waals surface area contributed by atoms with Crippen LogP contribution < -0.4 is 0 Å². The van der Waals surface area contributed by atoms with Gasteiger partial charge >= 0.3 is 0 Å². The van der Waals surface area contributed by atoms with E-state index in [0.29, 0.717) is 11.5 Å². The van der Waals surface area contributed by atoms with Gasteiger partial charge in [0.15, 0.2) is 0 Å². The van der Waals surface area contributed by atoms with E-state index in [0.717, 1.165) is 16.6 Å². The molecule has 0 radical (unpaired) electrons. The molecule has 3 aromatic rings. The number of alkyl halides is 1. The van der Waals surface area contributed by atoms with Gasteiger partial charge in [-0.25, -0.2) is 9.37 Å². The number of fused-ring (bicyclic) bond motifs is 1. The van der Waals surface area contributed by atoms with Crippen molar-refractivity contribution < 1.29 is 4.39 Å². The zero-order valence-electron chi connectivity index (χ0n) is 11.0. The topological polar surface area (TPSA) is 17.8 Å². The second kappa shape index (κ2) is 5.48. The van der Waals surface area contributed by atoms with Crippen LogP contribution in [0.3, 0.4) is 0 Å². The molecule has 0 saturated heterocycles. The van der Waals surface area contributed by atoms with Gasteiger partial charge in [0.25, 0.3) is 0 Å². The van der Waals surface area contributed by atoms with Crippen LogP contribution >= 0.6 is 34.8 Å². The van der Waals surface area contributed by atoms with Crippen molar-refractivity contribution in [3.8, 4) is 5.69 Å². The predicted octanol–water partition coefficient (Wildman–Crippen LogP) is 5.52. The lowest BCUT2D eigenvalue weighted by atomic mass is 10.2. The standard InChI is InChI=1S/C15H10Cl3FN2/c1-8-3-2-4-12-14(8)21(13(7-16)20-12)15-10(17)5-9(19)6-11(15)18/h2-6H,7H2,1H3. The number of imidazole rings is 1. The Balaban J connectivity index is 2.45. The van der Waals surface area contributed by atoms with Crippen molar-refractivity contribution in [3.05, 3.63) is 57.6 Å². The normalized spacial score (nSPS) is 11.3. The molecule has 1 aromatic heterocycles. The number of hydrogen-bond acceptors (Lipinski definition) is 1. The lowest BCUT2D eigenvalue weighted by molar-refractivity contribution is 0.627. The minimum absolute atomic E-state index is 0.193. The number of nitrogens with zero attached hydrogens (tertiary/aromatic N) is 2. The molecule has 2 nitrogen and oxygen atoms in total. The van der Waals surface area contributed by atoms with E-state index in [1.54, 1.807) is 4.57 Å². The first kappa shape index (κ1) is 14.6. The monoisotopic (exact) mass is 342 g/mol. The Morgan fingerprint density at radius 1 is 1.19 bits per heavy atom. The van der Waals surface area contributed by atoms with Crippen molar-refractivity contribution in [1.29, 1.82) is 0 Å². The molecule has 0 atom stereocenters. The zero-order valence-corrected chi connectivity index (χ0v) is 13.3. The van der Waals surface area contributed by atoms with Gasteiger partial charge in [0.2, 0.25) is 0 Å². The molecule has 0 fully saturated rings. The van der Waals surface area contributed by atoms with Crippen LogP contribution in [0, 0.1) is 12.7 Å². The lowest BCUT2D eigenvalue weighted by Gasteiger charge is -2.13. The van der Waals surface area contributed by atoms with Crippen LogP contribution in [0.5, 0.6) is 0 Å². The summed E-state index contributed by atoms with van der Waals surface area (Å²) in [5, 5.41) is 0.433. The van der Waals surface area contributed by atoms with Crippen molar-refractivity contribution in [2.24, 2.45) is 0 Å². The number of benzene rings is 2. The SMILES string of the molecule is Cc1cccc2nc(CCl)n(-c3c(Cl)cc(F)cc3Cl)c12. The molecule has 0 bridgehead atoms. The highest BCUT2D eigenvalue weighted by molar-refractivity contribution is 6.38. The van der Waals surface area contributed by atoms with Crippen molar-refractivity contribution in [2.45, 2.75) is 12.8 Å². The van der Waals surface area contributed by atoms with E-state index in [1.165, 1.54) is 12.1 Å². The minimum atomic E-state index is -0.484. The summed E-state index contributed by atoms with van der Waals surface area (Å²) in [6.07, 6.45) is 0. The Kier molecular flexibility index (Phi) is 3.82. The first-order chi connectivity index (χ1) is 10.0. The fraction of sp³-hybridized carbons (Fsp3) is 0.133. The molecule has 0 unspecified atom stereocenters. The number of aryl methyl sites for hydroxylation is 1. The van der Waals surface area contributed by atoms with Gasteiger partial charge in [-0.1, -0.05) is 35.3 Å². The summed E-state index contributed by atoms with van der Waals surface area (Å²) in [4.78, 5) is 4.49. The molecule has 0 aliphatic carbocycles. The molecule has 0 saturated carbocycles. The van der Waals surface area contributed by atoms with E-state index in [4.69, 9.17) is 34.8 Å². The highest BCUT2D eigenvalue weighted by Crippen LogP contribution is 2.34. The smallest absolute Gasteiger partial charge is 0.129 e. The summed E-state index contributed by atoms with van der Waals surface area (Å²) < 4.78 is 15.2. The van der Waals surface area contributed by atoms with Gasteiger partial charge in [0.05, 0.1) is 32.6 Å². The summed E-state index contributed by atoms with van der Waals surface area (Å²) in [5.41, 5.74) is 3.16. The molecule has 6 heteroatoms. The van der Waals surface area contributed by atoms with E-state index in [-0.39, 0.29) is 15.9 Å². The Hall–Kier alpha value is -1.29. The third kappa shape index (κ3) is 2.39. The second-order valence-electron chi connectivity index (χ2n) is 4.66. The number of para-hydroxylation sites is 1. The molecule has 1 heterocycles. The molecule has 0 spiro atoms. The van der Waals surface area contributed by atoms with Crippen molar-refractivity contribution in [1.82, 2.24) is 9.55 Å². The van der Waals surface area contributed by atoms with E-state index in [1.807, 2.05) is 25.1 Å². The fourth-order valence-electron chi connectivity index (χ4n) is 2.42. The maximum atomic E-state index is 13.4. The van der Waals surface area contributed by atoms with Crippen molar-refractivity contribution >= 4 is 45.8 Å². The van der Waals surface area contributed by atoms with Gasteiger partial charge in [0.1, 0.15) is 11.6 Å². The first-order valence-electron chi connectivity index (χ1n) is 6.20. The maximum Gasteiger partial charge on any atom is 0.129 e. The molecule has 2 aromatic carbocycles. The van der Waals surface area contributed by atoms with Crippen LogP contribution in [0.2, 0.25) is 10.0 Å². The molecule has 21 heavy (non-hydrogen) atoms. The lowest BCUT2D eigenvalue weighted by Crippen LogP contribution is -2.02. The third-order valence-electron chi connectivity index (χ3n) is 3.27. The summed E-state index contributed by atoms with van der Waals surface area (Å²) >= 11 is 18.4. The average molecular weight is 344 g/mol. The third-order valence-corrected chi connectivity index (χ3v) is 4.09. The second-order valence-corrected chi connectivity index (χ2v) is 5.74. The van der Waals surface area contributed by atoms with Crippen LogP contribution in [-0.4, -0.2) is 9.55 Å². The van der Waals surface area contributed by atoms with Gasteiger partial charge in [-0.05, 0) is 30.7 Å². The summed E-state index contributed by atoms with van der Waals surface area (Å²) in [6, 6.07) is 8.22. The highest BCUT2D eigenvalue weighted by atomic mass is 35.5. The molecule has 108 valence electrons. The Morgan fingerprint density at radius 2 is 1.86 bits per heavy atom. The van der Waals surface area contributed by atoms with E-state index < -0.39 is 5.82 Å². The number of aromatic nitrogens is 2. The maximum absolute atomic E-state index is 13.4. The molecule has 0 aliphatic heterocycles. The summed E-state index contributed by atoms with van der Waals surface area (Å²) in [6.45, 7) is 1.96. The largest absolute Gasteiger partial charge is 0.292 e. The first-order valence-corrected chi connectivity index (χ1v) is 7.49. The average Bonchev–Trinajstić information content (AvgIpc) is 2.78. The van der Waals surface area contributed by atoms with Crippen LogP contribution in [0.1, 0.15) is 11.4 Å². The highest BCUT2D eigenvalue weighted by Gasteiger charge is 2.19. The molecule has 0 amide bonds. The van der Waals surface area contributed by atoms with Gasteiger partial charge in [-0.2, -0.15) is 0 Å². The summed E-state index contributed by atoms with van der Waals surface area (Å²) in [7, 11) is 0. The minimum Gasteiger partial charge on any atom is -0.292 e. The van der Waals surface area contributed by atoms with Crippen molar-refractivity contribution in [2.75, 3.05) is 0 Å². The fourth-order valence-corrected chi connectivity index (χ4v) is 3.23. The van der Waals surface area contributed by atoms with Gasteiger partial charge in [0, 0.05) is 0 Å². The van der Waals surface area contributed by atoms with Gasteiger partial charge in [-0.3, -0.25) is 4.57 Å². The van der Waals surface area contributed by atoms with Crippen LogP contribution in [0.25, 0.3) is 16.7 Å². The quantitative estimate of drug-likeness (QED) is 0.560. The zero-order chi connectivity index (χ0) is 15.1. The van der Waals surface area contributed by atoms with E-state index in [2.05, 4.69) is 4.98 Å². The molecular formula is C15H10Cl3FN2. The van der Waals surface area contributed by atoms with Crippen molar-refractivity contribution in [3.63, 3.8) is 0 Å². The van der Waals surface area contributed by atoms with Crippen LogP contribution in [-0.2, 0) is 5.88 Å². The molecule has 3 rings (SSSR count).